The minimum atomic E-state index is -4.90. The first-order valence-corrected chi connectivity index (χ1v) is 14.3. The van der Waals surface area contributed by atoms with Crippen molar-refractivity contribution in [2.24, 2.45) is 0 Å². The molecule has 0 amide bonds. The molecule has 0 aromatic heterocycles. The van der Waals surface area contributed by atoms with Crippen molar-refractivity contribution in [3.8, 4) is 0 Å². The van der Waals surface area contributed by atoms with Crippen LogP contribution in [0.4, 0.5) is 0 Å². The fourth-order valence-corrected chi connectivity index (χ4v) is 8.06. The molecule has 0 saturated carbocycles. The van der Waals surface area contributed by atoms with Crippen molar-refractivity contribution >= 4 is 31.0 Å². The lowest BCUT2D eigenvalue weighted by atomic mass is 10.7. The number of rotatable bonds is 15. The van der Waals surface area contributed by atoms with Crippen molar-refractivity contribution in [2.45, 2.75) is 27.7 Å². The Morgan fingerprint density at radius 2 is 0.714 bits per heavy atom. The molecule has 4 N–H and O–H groups in total. The van der Waals surface area contributed by atoms with E-state index >= 15 is 0 Å². The molecular formula is C10H28N2O12P4. The summed E-state index contributed by atoms with van der Waals surface area (Å²) < 4.78 is 67.7. The summed E-state index contributed by atoms with van der Waals surface area (Å²) in [7, 11) is -19.6. The van der Waals surface area contributed by atoms with Gasteiger partial charge in [0.15, 0.2) is 0 Å². The largest absolute Gasteiger partial charge is 0.415 e. The van der Waals surface area contributed by atoms with E-state index in [1.807, 2.05) is 0 Å². The Morgan fingerprint density at radius 3 is 0.857 bits per heavy atom. The summed E-state index contributed by atoms with van der Waals surface area (Å²) >= 11 is 0. The van der Waals surface area contributed by atoms with Gasteiger partial charge in [0.2, 0.25) is 0 Å². The predicted molar refractivity (Wildman–Crippen MR) is 99.2 cm³/mol. The third-order valence-corrected chi connectivity index (χ3v) is 11.1. The Kier molecular flexibility index (Phi) is 12.0. The van der Waals surface area contributed by atoms with E-state index in [-0.39, 0.29) is 35.3 Å². The average molecular weight is 492 g/mol. The van der Waals surface area contributed by atoms with Crippen LogP contribution in [-0.2, 0) is 36.4 Å². The van der Waals surface area contributed by atoms with Gasteiger partial charge in [-0.15, -0.1) is 8.88 Å². The second kappa shape index (κ2) is 11.8. The highest BCUT2D eigenvalue weighted by molar-refractivity contribution is 7.66. The Hall–Kier alpha value is 0.520. The van der Waals surface area contributed by atoms with Crippen molar-refractivity contribution in [1.82, 2.24) is 8.88 Å². The van der Waals surface area contributed by atoms with E-state index in [2.05, 4.69) is 18.1 Å². The molecule has 18 heteroatoms. The normalized spacial score (nSPS) is 21.1. The van der Waals surface area contributed by atoms with Gasteiger partial charge in [-0.2, -0.15) is 0 Å². The Morgan fingerprint density at radius 1 is 0.536 bits per heavy atom. The number of hydrogen-bond acceptors (Lipinski definition) is 8. The maximum Gasteiger partial charge on any atom is 0.415 e. The van der Waals surface area contributed by atoms with Crippen LogP contribution in [0.2, 0.25) is 0 Å². The monoisotopic (exact) mass is 492 g/mol. The second-order valence-corrected chi connectivity index (χ2v) is 12.3. The molecule has 0 spiro atoms. The summed E-state index contributed by atoms with van der Waals surface area (Å²) in [6, 6.07) is 0. The van der Waals surface area contributed by atoms with E-state index in [1.165, 1.54) is 27.7 Å². The summed E-state index contributed by atoms with van der Waals surface area (Å²) in [6.07, 6.45) is 0. The summed E-state index contributed by atoms with van der Waals surface area (Å²) in [5, 5.41) is 0. The van der Waals surface area contributed by atoms with Crippen LogP contribution >= 0.6 is 31.0 Å². The Labute approximate surface area is 163 Å². The molecule has 14 nitrogen and oxygen atoms in total. The fraction of sp³-hybridized carbons (Fsp3) is 1.00. The fourth-order valence-electron chi connectivity index (χ4n) is 1.91. The third-order valence-electron chi connectivity index (χ3n) is 2.86. The summed E-state index contributed by atoms with van der Waals surface area (Å²) in [6.45, 7) is 2.27. The molecule has 28 heavy (non-hydrogen) atoms. The van der Waals surface area contributed by atoms with Crippen molar-refractivity contribution < 1.29 is 55.9 Å². The van der Waals surface area contributed by atoms with E-state index < -0.39 is 44.1 Å². The van der Waals surface area contributed by atoms with Crippen LogP contribution in [0.3, 0.4) is 0 Å². The molecule has 4 unspecified atom stereocenters. The number of nitrogens with zero attached hydrogens (tertiary/aromatic N) is 2. The molecule has 0 rings (SSSR count). The summed E-state index contributed by atoms with van der Waals surface area (Å²) in [5.41, 5.74) is 0. The van der Waals surface area contributed by atoms with Gasteiger partial charge in [-0.05, 0) is 27.7 Å². The van der Waals surface area contributed by atoms with Crippen molar-refractivity contribution in [3.63, 3.8) is 0 Å². The minimum Gasteiger partial charge on any atom is -0.312 e. The average Bonchev–Trinajstić information content (AvgIpc) is 2.50. The van der Waals surface area contributed by atoms with E-state index in [0.717, 1.165) is 0 Å². The molecule has 0 heterocycles. The van der Waals surface area contributed by atoms with E-state index in [0.29, 0.717) is 0 Å². The minimum absolute atomic E-state index is 0.0396. The smallest absolute Gasteiger partial charge is 0.312 e. The van der Waals surface area contributed by atoms with Crippen LogP contribution < -0.4 is 0 Å². The van der Waals surface area contributed by atoms with Gasteiger partial charge in [-0.3, -0.25) is 18.1 Å². The van der Waals surface area contributed by atoms with Gasteiger partial charge < -0.3 is 19.6 Å². The zero-order valence-electron chi connectivity index (χ0n) is 16.0. The lowest BCUT2D eigenvalue weighted by Crippen LogP contribution is -2.31. The van der Waals surface area contributed by atoms with Crippen LogP contribution in [0.5, 0.6) is 0 Å². The molecule has 0 aliphatic heterocycles. The van der Waals surface area contributed by atoms with Gasteiger partial charge in [0.05, 0.1) is 26.4 Å². The predicted octanol–water partition coefficient (Wildman–Crippen LogP) is 2.14. The molecule has 170 valence electrons. The van der Waals surface area contributed by atoms with Crippen LogP contribution in [-0.4, -0.2) is 68.0 Å². The van der Waals surface area contributed by atoms with Crippen LogP contribution in [0.15, 0.2) is 0 Å². The molecule has 0 aromatic carbocycles. The van der Waals surface area contributed by atoms with Gasteiger partial charge in [0, 0.05) is 13.1 Å². The molecular weight excluding hydrogens is 464 g/mol. The van der Waals surface area contributed by atoms with Crippen LogP contribution in [0, 0.1) is 0 Å². The Bertz CT molecular complexity index is 567. The van der Waals surface area contributed by atoms with Gasteiger partial charge in [0.25, 0.3) is 0 Å². The first kappa shape index (κ1) is 28.5. The van der Waals surface area contributed by atoms with Crippen LogP contribution in [0.1, 0.15) is 27.7 Å². The lowest BCUT2D eigenvalue weighted by Gasteiger charge is -2.33. The highest BCUT2D eigenvalue weighted by Gasteiger charge is 2.48. The van der Waals surface area contributed by atoms with Crippen LogP contribution in [0.25, 0.3) is 0 Å². The van der Waals surface area contributed by atoms with Gasteiger partial charge in [0.1, 0.15) is 0 Å². The molecule has 0 bridgehead atoms. The Balaban J connectivity index is 5.94. The molecule has 0 radical (unpaired) electrons. The molecule has 0 aromatic rings. The first-order chi connectivity index (χ1) is 12.7. The second-order valence-electron chi connectivity index (χ2n) is 4.83. The third kappa shape index (κ3) is 8.34. The maximum absolute atomic E-state index is 12.3. The molecule has 0 aliphatic rings. The highest BCUT2D eigenvalue weighted by atomic mass is 31.3. The zero-order chi connectivity index (χ0) is 22.2. The SMILES string of the molecule is CCOP(=O)(O)N(CCN(P(=O)(O)OCC)P(=O)(O)OCC)P(=O)(O)OCC. The molecule has 4 atom stereocenters. The van der Waals surface area contributed by atoms with Gasteiger partial charge >= 0.3 is 31.0 Å². The molecule has 0 fully saturated rings. The van der Waals surface area contributed by atoms with E-state index in [4.69, 9.17) is 0 Å². The quantitative estimate of drug-likeness (QED) is 0.243. The van der Waals surface area contributed by atoms with E-state index in [1.54, 1.807) is 0 Å². The van der Waals surface area contributed by atoms with E-state index in [9.17, 15) is 37.8 Å². The standard InChI is InChI=1S/C10H28N2O12P4/c1-5-21-25(13,14)11(26(15,16)22-6-2)9-10-12(27(17,18)23-7-3)28(19,20)24-8-4/h5-10H2,1-4H3,(H,13,14)(H,15,16)(H,17,18)(H,19,20). The molecule has 0 aliphatic carbocycles. The number of hydrogen-bond donors (Lipinski definition) is 4. The lowest BCUT2D eigenvalue weighted by molar-refractivity contribution is 0.178. The van der Waals surface area contributed by atoms with Crippen molar-refractivity contribution in [1.29, 1.82) is 0 Å². The topological polar surface area (TPSA) is 193 Å². The highest BCUT2D eigenvalue weighted by Crippen LogP contribution is 2.66. The van der Waals surface area contributed by atoms with Crippen molar-refractivity contribution in [2.75, 3.05) is 39.5 Å². The van der Waals surface area contributed by atoms with Crippen molar-refractivity contribution in [3.05, 3.63) is 0 Å². The molecule has 0 saturated heterocycles. The summed E-state index contributed by atoms with van der Waals surface area (Å²) in [5.74, 6) is 0. The van der Waals surface area contributed by atoms with Gasteiger partial charge in [-0.1, -0.05) is 0 Å². The van der Waals surface area contributed by atoms with Gasteiger partial charge in [-0.25, -0.2) is 18.3 Å². The zero-order valence-corrected chi connectivity index (χ0v) is 19.6. The maximum atomic E-state index is 12.3. The first-order valence-electron chi connectivity index (χ1n) is 8.18. The summed E-state index contributed by atoms with van der Waals surface area (Å²) in [4.78, 5) is 39.9.